The van der Waals surface area contributed by atoms with E-state index in [9.17, 15) is 0 Å². The van der Waals surface area contributed by atoms with Crippen molar-refractivity contribution in [2.45, 2.75) is 25.7 Å². The topological polar surface area (TPSA) is 29.3 Å². The van der Waals surface area contributed by atoms with Crippen LogP contribution in [0.3, 0.4) is 0 Å². The first-order valence-corrected chi connectivity index (χ1v) is 22.1. The van der Waals surface area contributed by atoms with Gasteiger partial charge >= 0.3 is 0 Å². The number of benzene rings is 8. The van der Waals surface area contributed by atoms with E-state index in [0.29, 0.717) is 5.89 Å². The predicted octanol–water partition coefficient (Wildman–Crippen LogP) is 15.6. The Balaban J connectivity index is 1.05. The van der Waals surface area contributed by atoms with Crippen molar-refractivity contribution in [1.29, 1.82) is 0 Å². The molecule has 0 fully saturated rings. The molecule has 1 heterocycles. The molecule has 0 saturated heterocycles. The number of oxazole rings is 1. The Morgan fingerprint density at radius 1 is 0.516 bits per heavy atom. The van der Waals surface area contributed by atoms with Gasteiger partial charge in [0.25, 0.3) is 0 Å². The van der Waals surface area contributed by atoms with Gasteiger partial charge in [-0.15, -0.1) is 0 Å². The zero-order valence-corrected chi connectivity index (χ0v) is 35.9. The van der Waals surface area contributed by atoms with E-state index in [4.69, 9.17) is 9.40 Å². The van der Waals surface area contributed by atoms with Crippen LogP contribution in [0.15, 0.2) is 211 Å². The summed E-state index contributed by atoms with van der Waals surface area (Å²) in [5, 5.41) is 0. The first-order valence-electron chi connectivity index (χ1n) is 22.1. The van der Waals surface area contributed by atoms with Crippen LogP contribution < -0.4 is 4.90 Å². The molecule has 8 aromatic carbocycles. The predicted molar refractivity (Wildman–Crippen MR) is 266 cm³/mol. The molecule has 0 amide bonds. The van der Waals surface area contributed by atoms with Crippen LogP contribution in [0.5, 0.6) is 0 Å². The first kappa shape index (κ1) is 38.9. The monoisotopic (exact) mass is 822 g/mol. The van der Waals surface area contributed by atoms with Crippen LogP contribution in [0.25, 0.3) is 57.7 Å². The largest absolute Gasteiger partial charge is 0.441 e. The van der Waals surface area contributed by atoms with Crippen LogP contribution in [0, 0.1) is 6.92 Å². The maximum atomic E-state index is 6.07. The van der Waals surface area contributed by atoms with E-state index in [1.165, 1.54) is 72.3 Å². The second kappa shape index (κ2) is 16.4. The lowest BCUT2D eigenvalue weighted by Gasteiger charge is -2.34. The Morgan fingerprint density at radius 3 is 1.78 bits per heavy atom. The smallest absolute Gasteiger partial charge is 0.219 e. The number of rotatable bonds is 10. The fraction of sp³-hybridized carbons (Fsp3) is 0.0656. The Labute approximate surface area is 375 Å². The van der Waals surface area contributed by atoms with Crippen molar-refractivity contribution in [2.75, 3.05) is 4.90 Å². The zero-order valence-electron chi connectivity index (χ0n) is 35.9. The quantitative estimate of drug-likeness (QED) is 0.138. The van der Waals surface area contributed by atoms with Crippen molar-refractivity contribution in [1.82, 2.24) is 4.98 Å². The van der Waals surface area contributed by atoms with Crippen LogP contribution in [-0.4, -0.2) is 4.98 Å². The molecule has 0 spiro atoms. The summed E-state index contributed by atoms with van der Waals surface area (Å²) in [4.78, 5) is 7.07. The Morgan fingerprint density at radius 2 is 1.09 bits per heavy atom. The Kier molecular flexibility index (Phi) is 9.94. The molecular formula is C61H46N2O. The SMILES string of the molecule is C/C=C\c1nc(/C=C/c2ccc3c(c2/C=C/N(c2ccc(-c4ccccc4)cc2)c2ccc(C4(c5ccccc5)c5ccccc5-c5ccccc54)cc2)Cc2ccccc2-3)oc1C. The van der Waals surface area contributed by atoms with Gasteiger partial charge in [0.05, 0.1) is 5.41 Å². The molecule has 0 N–H and O–H groups in total. The average Bonchev–Trinajstić information content (AvgIpc) is 4.01. The zero-order chi connectivity index (χ0) is 43.0. The number of hydrogen-bond acceptors (Lipinski definition) is 3. The summed E-state index contributed by atoms with van der Waals surface area (Å²) in [6.07, 6.45) is 13.5. The standard InChI is InChI=1S/C61H46N2O/c1-3-16-59-42(2)64-60(62-59)38-30-45-29-37-53-51-22-11-10-19-46(51)41-56(53)52(45)39-40-63(49-33-27-44(28-34-49)43-17-6-4-7-18-43)50-35-31-48(32-36-50)61(47-20-8-5-9-21-47)57-25-14-12-23-54(57)55-24-13-15-26-58(55)61/h3-40H,41H2,1-2H3/b16-3-,38-30+,40-39+. The third-order valence-corrected chi connectivity index (χ3v) is 13.0. The van der Waals surface area contributed by atoms with E-state index in [1.807, 2.05) is 32.1 Å². The maximum absolute atomic E-state index is 6.07. The van der Waals surface area contributed by atoms with Gasteiger partial charge in [-0.2, -0.15) is 0 Å². The summed E-state index contributed by atoms with van der Waals surface area (Å²) < 4.78 is 6.07. The number of nitrogens with zero attached hydrogens (tertiary/aromatic N) is 2. The number of aryl methyl sites for hydroxylation is 1. The molecule has 0 atom stereocenters. The molecule has 0 aliphatic heterocycles. The van der Waals surface area contributed by atoms with E-state index < -0.39 is 5.41 Å². The van der Waals surface area contributed by atoms with Gasteiger partial charge in [-0.25, -0.2) is 4.98 Å². The number of allylic oxidation sites excluding steroid dienone is 1. The lowest BCUT2D eigenvalue weighted by atomic mass is 9.68. The van der Waals surface area contributed by atoms with Crippen molar-refractivity contribution in [2.24, 2.45) is 0 Å². The van der Waals surface area contributed by atoms with E-state index >= 15 is 0 Å². The highest BCUT2D eigenvalue weighted by Crippen LogP contribution is 2.56. The van der Waals surface area contributed by atoms with E-state index in [0.717, 1.165) is 34.8 Å². The molecule has 0 bridgehead atoms. The molecule has 3 nitrogen and oxygen atoms in total. The molecule has 0 saturated carbocycles. The van der Waals surface area contributed by atoms with Gasteiger partial charge < -0.3 is 9.32 Å². The minimum atomic E-state index is -0.471. The summed E-state index contributed by atoms with van der Waals surface area (Å²) in [6, 6.07) is 70.9. The Bertz CT molecular complexity index is 3200. The summed E-state index contributed by atoms with van der Waals surface area (Å²) in [7, 11) is 0. The number of hydrogen-bond donors (Lipinski definition) is 0. The molecule has 9 aromatic rings. The second-order valence-corrected chi connectivity index (χ2v) is 16.6. The van der Waals surface area contributed by atoms with Crippen molar-refractivity contribution in [3.63, 3.8) is 0 Å². The van der Waals surface area contributed by atoms with Crippen LogP contribution in [0.2, 0.25) is 0 Å². The van der Waals surface area contributed by atoms with Gasteiger partial charge in [0.15, 0.2) is 0 Å². The van der Waals surface area contributed by atoms with Gasteiger partial charge in [-0.3, -0.25) is 0 Å². The lowest BCUT2D eigenvalue weighted by Crippen LogP contribution is -2.28. The average molecular weight is 823 g/mol. The minimum absolute atomic E-state index is 0.471. The molecular weight excluding hydrogens is 777 g/mol. The fourth-order valence-corrected chi connectivity index (χ4v) is 10.1. The summed E-state index contributed by atoms with van der Waals surface area (Å²) in [6.45, 7) is 3.95. The van der Waals surface area contributed by atoms with Crippen molar-refractivity contribution >= 4 is 35.7 Å². The van der Waals surface area contributed by atoms with Gasteiger partial charge in [-0.1, -0.05) is 176 Å². The minimum Gasteiger partial charge on any atom is -0.441 e. The van der Waals surface area contributed by atoms with E-state index in [2.05, 4.69) is 217 Å². The summed E-state index contributed by atoms with van der Waals surface area (Å²) in [5.41, 5.74) is 20.1. The molecule has 2 aliphatic carbocycles. The molecule has 11 rings (SSSR count). The van der Waals surface area contributed by atoms with Crippen LogP contribution >= 0.6 is 0 Å². The molecule has 1 aromatic heterocycles. The first-order chi connectivity index (χ1) is 31.6. The molecule has 2 aliphatic rings. The lowest BCUT2D eigenvalue weighted by molar-refractivity contribution is 0.516. The second-order valence-electron chi connectivity index (χ2n) is 16.6. The van der Waals surface area contributed by atoms with Gasteiger partial charge in [0, 0.05) is 23.7 Å². The third kappa shape index (κ3) is 6.65. The van der Waals surface area contributed by atoms with Crippen LogP contribution in [0.1, 0.15) is 68.8 Å². The Hall–Kier alpha value is -8.01. The molecule has 3 heteroatoms. The summed E-state index contributed by atoms with van der Waals surface area (Å²) in [5.74, 6) is 1.39. The number of fused-ring (bicyclic) bond motifs is 6. The van der Waals surface area contributed by atoms with Crippen molar-refractivity contribution < 1.29 is 4.42 Å². The van der Waals surface area contributed by atoms with Gasteiger partial charge in [0.2, 0.25) is 5.89 Å². The summed E-state index contributed by atoms with van der Waals surface area (Å²) >= 11 is 0. The highest BCUT2D eigenvalue weighted by molar-refractivity contribution is 5.88. The van der Waals surface area contributed by atoms with Crippen LogP contribution in [0.4, 0.5) is 11.4 Å². The number of anilines is 2. The number of aromatic nitrogens is 1. The molecule has 0 radical (unpaired) electrons. The van der Waals surface area contributed by atoms with Crippen molar-refractivity contribution in [3.8, 4) is 33.4 Å². The highest BCUT2D eigenvalue weighted by atomic mass is 16.4. The van der Waals surface area contributed by atoms with Crippen molar-refractivity contribution in [3.05, 3.63) is 268 Å². The fourth-order valence-electron chi connectivity index (χ4n) is 10.1. The van der Waals surface area contributed by atoms with E-state index in [-0.39, 0.29) is 0 Å². The molecule has 64 heavy (non-hydrogen) atoms. The normalized spacial score (nSPS) is 13.3. The molecule has 0 unspecified atom stereocenters. The van der Waals surface area contributed by atoms with E-state index in [1.54, 1.807) is 0 Å². The maximum Gasteiger partial charge on any atom is 0.219 e. The highest BCUT2D eigenvalue weighted by Gasteiger charge is 2.45. The van der Waals surface area contributed by atoms with Gasteiger partial charge in [-0.05, 0) is 141 Å². The third-order valence-electron chi connectivity index (χ3n) is 13.0. The van der Waals surface area contributed by atoms with Crippen LogP contribution in [-0.2, 0) is 11.8 Å². The molecule has 306 valence electrons. The van der Waals surface area contributed by atoms with Gasteiger partial charge in [0.1, 0.15) is 11.5 Å².